The smallest absolute Gasteiger partial charge is 0.257 e. The maximum atomic E-state index is 14.2. The Bertz CT molecular complexity index is 1020. The first-order valence-electron chi connectivity index (χ1n) is 7.65. The number of nitrogens with zero attached hydrogens (tertiary/aromatic N) is 2. The van der Waals surface area contributed by atoms with E-state index in [-0.39, 0.29) is 16.1 Å². The molecular formula is C16H12F5N3O3S. The van der Waals surface area contributed by atoms with Gasteiger partial charge in [-0.25, -0.2) is 8.78 Å². The summed E-state index contributed by atoms with van der Waals surface area (Å²) < 4.78 is 93.8. The van der Waals surface area contributed by atoms with Gasteiger partial charge in [0.2, 0.25) is 0 Å². The molecule has 0 bridgehead atoms. The van der Waals surface area contributed by atoms with Crippen molar-refractivity contribution in [3.63, 3.8) is 0 Å². The van der Waals surface area contributed by atoms with Crippen LogP contribution in [0, 0.1) is 11.6 Å². The molecule has 0 unspecified atom stereocenters. The van der Waals surface area contributed by atoms with Crippen molar-refractivity contribution in [2.45, 2.75) is 23.5 Å². The fourth-order valence-electron chi connectivity index (χ4n) is 2.75. The minimum absolute atomic E-state index is 0.0592. The minimum atomic E-state index is -4.75. The number of rotatable bonds is 4. The zero-order chi connectivity index (χ0) is 20.7. The van der Waals surface area contributed by atoms with Crippen LogP contribution in [0.15, 0.2) is 52.5 Å². The minimum Gasteiger partial charge on any atom is -0.257 e. The van der Waals surface area contributed by atoms with Crippen molar-refractivity contribution >= 4 is 21.5 Å². The van der Waals surface area contributed by atoms with Crippen LogP contribution >= 0.6 is 0 Å². The molecule has 0 radical (unpaired) electrons. The second-order valence-electron chi connectivity index (χ2n) is 5.82. The molecule has 1 aliphatic heterocycles. The van der Waals surface area contributed by atoms with Crippen LogP contribution in [-0.2, 0) is 14.4 Å². The van der Waals surface area contributed by atoms with Crippen LogP contribution in [0.4, 0.5) is 27.6 Å². The van der Waals surface area contributed by atoms with Gasteiger partial charge in [0.25, 0.3) is 0 Å². The molecule has 2 aromatic rings. The second-order valence-corrected chi connectivity index (χ2v) is 7.39. The maximum absolute atomic E-state index is 14.2. The lowest BCUT2D eigenvalue weighted by Crippen LogP contribution is -2.22. The molecule has 0 spiro atoms. The van der Waals surface area contributed by atoms with Crippen LogP contribution in [0.3, 0.4) is 0 Å². The first-order valence-corrected chi connectivity index (χ1v) is 9.06. The quantitative estimate of drug-likeness (QED) is 0.604. The predicted octanol–water partition coefficient (Wildman–Crippen LogP) is 3.41. The Hall–Kier alpha value is -2.57. The van der Waals surface area contributed by atoms with Crippen molar-refractivity contribution in [1.29, 1.82) is 0 Å². The maximum Gasteiger partial charge on any atom is 0.431 e. The lowest BCUT2D eigenvalue weighted by Gasteiger charge is -2.24. The summed E-state index contributed by atoms with van der Waals surface area (Å²) in [6, 6.07) is 5.77. The highest BCUT2D eigenvalue weighted by Crippen LogP contribution is 2.40. The van der Waals surface area contributed by atoms with Gasteiger partial charge in [-0.2, -0.15) is 36.9 Å². The molecule has 0 aromatic heterocycles. The number of nitrogens with two attached hydrogens (primary N) is 1. The fraction of sp³-hybridized carbons (Fsp3) is 0.188. The van der Waals surface area contributed by atoms with E-state index in [1.807, 2.05) is 0 Å². The van der Waals surface area contributed by atoms with Crippen molar-refractivity contribution in [1.82, 2.24) is 0 Å². The van der Waals surface area contributed by atoms with E-state index < -0.39 is 46.1 Å². The SMILES string of the molecule is NOS(=O)(=O)c1ccc(N2N=C(C(F)(F)F)C[C@H]2c2ccc(F)cc2F)cc1. The van der Waals surface area contributed by atoms with Gasteiger partial charge in [-0.3, -0.25) is 5.01 Å². The second kappa shape index (κ2) is 7.11. The highest BCUT2D eigenvalue weighted by atomic mass is 32.2. The number of alkyl halides is 3. The van der Waals surface area contributed by atoms with E-state index in [0.717, 1.165) is 29.3 Å². The van der Waals surface area contributed by atoms with E-state index in [4.69, 9.17) is 0 Å². The van der Waals surface area contributed by atoms with Gasteiger partial charge in [0.1, 0.15) is 17.3 Å². The number of halogens is 5. The molecule has 3 rings (SSSR count). The third kappa shape index (κ3) is 3.84. The molecule has 12 heteroatoms. The van der Waals surface area contributed by atoms with E-state index in [1.165, 1.54) is 12.1 Å². The van der Waals surface area contributed by atoms with Crippen LogP contribution < -0.4 is 10.9 Å². The van der Waals surface area contributed by atoms with Gasteiger partial charge in [0, 0.05) is 18.1 Å². The molecule has 2 N–H and O–H groups in total. The average molecular weight is 421 g/mol. The molecule has 1 atom stereocenters. The molecule has 0 fully saturated rings. The van der Waals surface area contributed by atoms with Gasteiger partial charge in [0.05, 0.1) is 16.6 Å². The molecule has 0 aliphatic carbocycles. The van der Waals surface area contributed by atoms with Crippen molar-refractivity contribution in [2.24, 2.45) is 11.0 Å². The largest absolute Gasteiger partial charge is 0.431 e. The first kappa shape index (κ1) is 20.2. The molecule has 6 nitrogen and oxygen atoms in total. The summed E-state index contributed by atoms with van der Waals surface area (Å²) in [6.45, 7) is 0. The summed E-state index contributed by atoms with van der Waals surface area (Å²) in [5.41, 5.74) is -1.28. The third-order valence-corrected chi connectivity index (χ3v) is 5.18. The van der Waals surface area contributed by atoms with Crippen LogP contribution in [0.25, 0.3) is 0 Å². The van der Waals surface area contributed by atoms with Crippen LogP contribution in [0.1, 0.15) is 18.0 Å². The highest BCUT2D eigenvalue weighted by Gasteiger charge is 2.44. The van der Waals surface area contributed by atoms with E-state index in [0.29, 0.717) is 6.07 Å². The van der Waals surface area contributed by atoms with Crippen molar-refractivity contribution in [3.05, 3.63) is 59.7 Å². The standard InChI is InChI=1S/C16H12F5N3O3S/c17-9-1-6-12(13(18)7-9)14-8-15(16(19,20)21)23-24(14)10-2-4-11(5-3-10)28(25,26)27-22/h1-7,14H,8,22H2/t14-/m0/s1. The zero-order valence-electron chi connectivity index (χ0n) is 13.8. The molecular weight excluding hydrogens is 409 g/mol. The Balaban J connectivity index is 2.04. The Morgan fingerprint density at radius 3 is 2.29 bits per heavy atom. The number of hydrazone groups is 1. The molecule has 0 amide bonds. The lowest BCUT2D eigenvalue weighted by atomic mass is 10.0. The number of hydrogen-bond donors (Lipinski definition) is 1. The van der Waals surface area contributed by atoms with Gasteiger partial charge in [0.15, 0.2) is 0 Å². The zero-order valence-corrected chi connectivity index (χ0v) is 14.6. The molecule has 1 heterocycles. The first-order chi connectivity index (χ1) is 13.0. The van der Waals surface area contributed by atoms with E-state index in [2.05, 4.69) is 15.3 Å². The summed E-state index contributed by atoms with van der Waals surface area (Å²) in [7, 11) is -4.21. The molecule has 2 aromatic carbocycles. The van der Waals surface area contributed by atoms with Gasteiger partial charge in [-0.15, -0.1) is 0 Å². The number of benzene rings is 2. The van der Waals surface area contributed by atoms with Crippen molar-refractivity contribution in [2.75, 3.05) is 5.01 Å². The summed E-state index contributed by atoms with van der Waals surface area (Å²) in [5, 5.41) is 4.42. The van der Waals surface area contributed by atoms with E-state index in [1.54, 1.807) is 0 Å². The topological polar surface area (TPSA) is 85.0 Å². The summed E-state index contributed by atoms with van der Waals surface area (Å²) in [6.07, 6.45) is -5.42. The molecule has 0 saturated heterocycles. The van der Waals surface area contributed by atoms with E-state index >= 15 is 0 Å². The Morgan fingerprint density at radius 1 is 1.11 bits per heavy atom. The fourth-order valence-corrected chi connectivity index (χ4v) is 3.34. The van der Waals surface area contributed by atoms with Crippen molar-refractivity contribution in [3.8, 4) is 0 Å². The number of hydrogen-bond acceptors (Lipinski definition) is 6. The Morgan fingerprint density at radius 2 is 1.75 bits per heavy atom. The molecule has 1 aliphatic rings. The van der Waals surface area contributed by atoms with Gasteiger partial charge >= 0.3 is 16.3 Å². The van der Waals surface area contributed by atoms with Crippen LogP contribution in [0.2, 0.25) is 0 Å². The van der Waals surface area contributed by atoms with Gasteiger partial charge < -0.3 is 0 Å². The Kier molecular flexibility index (Phi) is 5.12. The summed E-state index contributed by atoms with van der Waals surface area (Å²) in [4.78, 5) is -0.331. The summed E-state index contributed by atoms with van der Waals surface area (Å²) >= 11 is 0. The summed E-state index contributed by atoms with van der Waals surface area (Å²) in [5.74, 6) is 2.77. The third-order valence-electron chi connectivity index (χ3n) is 4.08. The molecule has 28 heavy (non-hydrogen) atoms. The van der Waals surface area contributed by atoms with Crippen LogP contribution in [0.5, 0.6) is 0 Å². The van der Waals surface area contributed by atoms with Crippen molar-refractivity contribution < 1.29 is 34.7 Å². The molecule has 0 saturated carbocycles. The van der Waals surface area contributed by atoms with Crippen LogP contribution in [-0.4, -0.2) is 20.3 Å². The molecule has 150 valence electrons. The van der Waals surface area contributed by atoms with E-state index in [9.17, 15) is 30.4 Å². The highest BCUT2D eigenvalue weighted by molar-refractivity contribution is 7.86. The Labute approximate surface area is 156 Å². The predicted molar refractivity (Wildman–Crippen MR) is 88.6 cm³/mol. The monoisotopic (exact) mass is 421 g/mol. The average Bonchev–Trinajstić information content (AvgIpc) is 3.07. The number of anilines is 1. The normalized spacial score (nSPS) is 17.7. The van der Waals surface area contributed by atoms with Gasteiger partial charge in [-0.05, 0) is 30.3 Å². The van der Waals surface area contributed by atoms with Gasteiger partial charge in [-0.1, -0.05) is 6.07 Å². The lowest BCUT2D eigenvalue weighted by molar-refractivity contribution is -0.0600.